The lowest BCUT2D eigenvalue weighted by Gasteiger charge is -2.38. The predicted octanol–water partition coefficient (Wildman–Crippen LogP) is 4.13. The van der Waals surface area contributed by atoms with Crippen LogP contribution in [0.1, 0.15) is 69.7 Å². The van der Waals surface area contributed by atoms with Crippen molar-refractivity contribution in [3.05, 3.63) is 23.8 Å². The first-order valence-corrected chi connectivity index (χ1v) is 13.7. The van der Waals surface area contributed by atoms with Gasteiger partial charge >= 0.3 is 6.03 Å². The number of amides is 4. The van der Waals surface area contributed by atoms with Gasteiger partial charge in [0.25, 0.3) is 5.91 Å². The number of nitrogens with zero attached hydrogens (tertiary/aromatic N) is 2. The number of urea groups is 1. The van der Waals surface area contributed by atoms with Gasteiger partial charge in [0.2, 0.25) is 5.91 Å². The lowest BCUT2D eigenvalue weighted by Crippen LogP contribution is -2.50. The van der Waals surface area contributed by atoms with Gasteiger partial charge in [-0.3, -0.25) is 9.59 Å². The number of ether oxygens (including phenoxy) is 2. The molecule has 0 radical (unpaired) electrons. The van der Waals surface area contributed by atoms with Crippen molar-refractivity contribution in [1.29, 1.82) is 0 Å². The van der Waals surface area contributed by atoms with Crippen molar-refractivity contribution in [2.45, 2.75) is 71.4 Å². The molecule has 1 fully saturated rings. The summed E-state index contributed by atoms with van der Waals surface area (Å²) in [5.74, 6) is 0.476. The summed E-state index contributed by atoms with van der Waals surface area (Å²) >= 11 is 0. The van der Waals surface area contributed by atoms with Gasteiger partial charge in [-0.15, -0.1) is 0 Å². The Balaban J connectivity index is 1.90. The maximum Gasteiger partial charge on any atom is 0.319 e. The van der Waals surface area contributed by atoms with E-state index in [0.29, 0.717) is 36.6 Å². The Bertz CT molecular complexity index is 933. The monoisotopic (exact) mass is 516 g/mol. The van der Waals surface area contributed by atoms with Gasteiger partial charge in [0.05, 0.1) is 17.7 Å². The molecule has 0 saturated heterocycles. The topological polar surface area (TPSA) is 100 Å². The molecular weight excluding hydrogens is 472 g/mol. The maximum atomic E-state index is 13.6. The van der Waals surface area contributed by atoms with E-state index in [4.69, 9.17) is 9.47 Å². The number of rotatable bonds is 5. The molecule has 1 heterocycles. The molecule has 3 atom stereocenters. The first kappa shape index (κ1) is 28.8. The van der Waals surface area contributed by atoms with Crippen LogP contribution in [0.5, 0.6) is 5.75 Å². The maximum absolute atomic E-state index is 13.6. The molecule has 37 heavy (non-hydrogen) atoms. The van der Waals surface area contributed by atoms with Gasteiger partial charge in [0.15, 0.2) is 0 Å². The van der Waals surface area contributed by atoms with Crippen LogP contribution in [0.25, 0.3) is 0 Å². The van der Waals surface area contributed by atoms with E-state index in [2.05, 4.69) is 17.6 Å². The summed E-state index contributed by atoms with van der Waals surface area (Å²) in [6.07, 6.45) is 5.84. The van der Waals surface area contributed by atoms with E-state index in [1.165, 1.54) is 6.42 Å². The number of hydrogen-bond acceptors (Lipinski definition) is 5. The summed E-state index contributed by atoms with van der Waals surface area (Å²) in [4.78, 5) is 42.9. The van der Waals surface area contributed by atoms with E-state index in [9.17, 15) is 14.4 Å². The van der Waals surface area contributed by atoms with Crippen molar-refractivity contribution in [1.82, 2.24) is 15.1 Å². The van der Waals surface area contributed by atoms with E-state index < -0.39 is 0 Å². The van der Waals surface area contributed by atoms with Crippen LogP contribution >= 0.6 is 0 Å². The highest BCUT2D eigenvalue weighted by Crippen LogP contribution is 2.29. The van der Waals surface area contributed by atoms with Gasteiger partial charge < -0.3 is 29.9 Å². The smallest absolute Gasteiger partial charge is 0.319 e. The first-order chi connectivity index (χ1) is 17.7. The highest BCUT2D eigenvalue weighted by Gasteiger charge is 2.33. The first-order valence-electron chi connectivity index (χ1n) is 13.7. The van der Waals surface area contributed by atoms with Crippen LogP contribution in [0.15, 0.2) is 18.2 Å². The zero-order valence-electron chi connectivity index (χ0n) is 23.0. The quantitative estimate of drug-likeness (QED) is 0.613. The van der Waals surface area contributed by atoms with Gasteiger partial charge in [-0.1, -0.05) is 33.1 Å². The summed E-state index contributed by atoms with van der Waals surface area (Å²) in [5.41, 5.74) is 0.861. The van der Waals surface area contributed by atoms with Crippen LogP contribution in [-0.2, 0) is 9.53 Å². The van der Waals surface area contributed by atoms with Crippen molar-refractivity contribution in [3.8, 4) is 5.75 Å². The number of anilines is 1. The summed E-state index contributed by atoms with van der Waals surface area (Å²) < 4.78 is 12.0. The summed E-state index contributed by atoms with van der Waals surface area (Å²) in [6, 6.07) is 4.58. The van der Waals surface area contributed by atoms with Gasteiger partial charge in [0.1, 0.15) is 12.4 Å². The SMILES string of the molecule is CCCNC(=O)Nc1ccc2c(c1)C(=O)N(C)C[C@H](OC)[C@@H](C)CN(C(=O)C1CCCCC1)[C@@H](C)CO2. The molecule has 9 nitrogen and oxygen atoms in total. The zero-order chi connectivity index (χ0) is 26.9. The Kier molecular flexibility index (Phi) is 10.6. The minimum atomic E-state index is -0.324. The number of carbonyl (C=O) groups excluding carboxylic acids is 3. The van der Waals surface area contributed by atoms with Gasteiger partial charge in [-0.25, -0.2) is 4.79 Å². The number of benzene rings is 1. The number of likely N-dealkylation sites (N-methyl/N-ethyl adjacent to an activating group) is 1. The van der Waals surface area contributed by atoms with Crippen LogP contribution < -0.4 is 15.4 Å². The highest BCUT2D eigenvalue weighted by atomic mass is 16.5. The van der Waals surface area contributed by atoms with Crippen LogP contribution in [0.3, 0.4) is 0 Å². The molecule has 1 aromatic carbocycles. The van der Waals surface area contributed by atoms with E-state index in [1.807, 2.05) is 18.7 Å². The van der Waals surface area contributed by atoms with Crippen molar-refractivity contribution in [2.24, 2.45) is 11.8 Å². The summed E-state index contributed by atoms with van der Waals surface area (Å²) in [5, 5.41) is 5.56. The van der Waals surface area contributed by atoms with E-state index in [1.54, 1.807) is 37.3 Å². The van der Waals surface area contributed by atoms with E-state index in [0.717, 1.165) is 32.1 Å². The lowest BCUT2D eigenvalue weighted by atomic mass is 9.87. The van der Waals surface area contributed by atoms with Crippen molar-refractivity contribution in [2.75, 3.05) is 45.7 Å². The number of nitrogens with one attached hydrogen (secondary N) is 2. The normalized spacial score (nSPS) is 23.8. The lowest BCUT2D eigenvalue weighted by molar-refractivity contribution is -0.141. The number of methoxy groups -OCH3 is 1. The number of hydrogen-bond donors (Lipinski definition) is 2. The third-order valence-corrected chi connectivity index (χ3v) is 7.48. The van der Waals surface area contributed by atoms with Gasteiger partial charge in [-0.05, 0) is 44.4 Å². The molecule has 2 aliphatic rings. The largest absolute Gasteiger partial charge is 0.491 e. The third kappa shape index (κ3) is 7.60. The zero-order valence-corrected chi connectivity index (χ0v) is 23.0. The standard InChI is InChI=1S/C28H44N4O5/c1-6-14-29-28(35)30-22-12-13-24-23(15-22)27(34)31(4)17-25(36-5)19(2)16-32(20(3)18-37-24)26(33)21-10-8-7-9-11-21/h12-13,15,19-21,25H,6-11,14,16-18H2,1-5H3,(H2,29,30,35)/t19-,20-,25-/m0/s1. The summed E-state index contributed by atoms with van der Waals surface area (Å²) in [6.45, 7) is 7.78. The molecule has 1 aliphatic carbocycles. The molecule has 9 heteroatoms. The molecule has 1 saturated carbocycles. The third-order valence-electron chi connectivity index (χ3n) is 7.48. The number of carbonyl (C=O) groups is 3. The fourth-order valence-corrected chi connectivity index (χ4v) is 5.16. The average Bonchev–Trinajstić information content (AvgIpc) is 2.91. The Morgan fingerprint density at radius 2 is 1.86 bits per heavy atom. The van der Waals surface area contributed by atoms with Crippen molar-refractivity contribution >= 4 is 23.5 Å². The summed E-state index contributed by atoms with van der Waals surface area (Å²) in [7, 11) is 3.38. The van der Waals surface area contributed by atoms with Crippen LogP contribution in [0, 0.1) is 11.8 Å². The fraction of sp³-hybridized carbons (Fsp3) is 0.679. The molecule has 0 bridgehead atoms. The average molecular weight is 517 g/mol. The van der Waals surface area contributed by atoms with Crippen LogP contribution in [-0.4, -0.2) is 80.2 Å². The Morgan fingerprint density at radius 1 is 1.14 bits per heavy atom. The minimum absolute atomic E-state index is 0.0180. The Morgan fingerprint density at radius 3 is 2.54 bits per heavy atom. The van der Waals surface area contributed by atoms with Gasteiger partial charge in [0, 0.05) is 51.3 Å². The van der Waals surface area contributed by atoms with E-state index in [-0.39, 0.29) is 48.4 Å². The number of fused-ring (bicyclic) bond motifs is 1. The fourth-order valence-electron chi connectivity index (χ4n) is 5.16. The highest BCUT2D eigenvalue weighted by molar-refractivity contribution is 5.99. The minimum Gasteiger partial charge on any atom is -0.491 e. The Hall–Kier alpha value is -2.81. The van der Waals surface area contributed by atoms with Crippen molar-refractivity contribution in [3.63, 3.8) is 0 Å². The molecule has 206 valence electrons. The Labute approximate surface area is 221 Å². The second-order valence-corrected chi connectivity index (χ2v) is 10.5. The molecule has 1 aromatic rings. The molecule has 4 amide bonds. The molecule has 0 unspecified atom stereocenters. The predicted molar refractivity (Wildman–Crippen MR) is 144 cm³/mol. The molecule has 1 aliphatic heterocycles. The van der Waals surface area contributed by atoms with Crippen LogP contribution in [0.2, 0.25) is 0 Å². The molecular formula is C28H44N4O5. The van der Waals surface area contributed by atoms with Crippen LogP contribution in [0.4, 0.5) is 10.5 Å². The second kappa shape index (κ2) is 13.7. The second-order valence-electron chi connectivity index (χ2n) is 10.5. The van der Waals surface area contributed by atoms with Gasteiger partial charge in [-0.2, -0.15) is 0 Å². The van der Waals surface area contributed by atoms with E-state index >= 15 is 0 Å². The molecule has 2 N–H and O–H groups in total. The molecule has 0 aromatic heterocycles. The van der Waals surface area contributed by atoms with Crippen molar-refractivity contribution < 1.29 is 23.9 Å². The molecule has 0 spiro atoms. The molecule has 3 rings (SSSR count).